The van der Waals surface area contributed by atoms with E-state index in [0.717, 1.165) is 0 Å². The minimum Gasteiger partial charge on any atom is -0.388 e. The van der Waals surface area contributed by atoms with Crippen molar-refractivity contribution in [3.63, 3.8) is 0 Å². The van der Waals surface area contributed by atoms with Gasteiger partial charge in [0.15, 0.2) is 12.6 Å². The molecule has 10 nitrogen and oxygen atoms in total. The molecule has 2 aliphatic heterocycles. The van der Waals surface area contributed by atoms with Crippen LogP contribution < -0.4 is 0 Å². The maximum Gasteiger partial charge on any atom is 0.186 e. The summed E-state index contributed by atoms with van der Waals surface area (Å²) in [4.78, 5) is 0. The van der Waals surface area contributed by atoms with Gasteiger partial charge in [-0.3, -0.25) is 0 Å². The number of hydrogen-bond acceptors (Lipinski definition) is 10. The second-order valence-electron chi connectivity index (χ2n) is 5.12. The van der Waals surface area contributed by atoms with E-state index in [1.165, 1.54) is 0 Å². The Morgan fingerprint density at radius 2 is 1.48 bits per heavy atom. The number of hydrogen-bond donors (Lipinski definition) is 7. The largest absolute Gasteiger partial charge is 0.388 e. The zero-order valence-electron chi connectivity index (χ0n) is 11.0. The SMILES string of the molecule is OC1C(OC[C@H]2O[C@@H](O)[C@H](O)[C@@H](O)[C@@H]2O)OC[C@H](O)C1O. The van der Waals surface area contributed by atoms with Gasteiger partial charge in [0, 0.05) is 0 Å². The maximum absolute atomic E-state index is 9.70. The van der Waals surface area contributed by atoms with Gasteiger partial charge in [0.2, 0.25) is 0 Å². The molecule has 0 aromatic heterocycles. The van der Waals surface area contributed by atoms with Gasteiger partial charge < -0.3 is 50.0 Å². The Hall–Kier alpha value is -0.400. The molecule has 21 heavy (non-hydrogen) atoms. The molecule has 10 heteroatoms. The van der Waals surface area contributed by atoms with Crippen molar-refractivity contribution in [3.8, 4) is 0 Å². The third kappa shape index (κ3) is 3.51. The van der Waals surface area contributed by atoms with Gasteiger partial charge in [-0.1, -0.05) is 0 Å². The van der Waals surface area contributed by atoms with E-state index in [2.05, 4.69) is 0 Å². The highest BCUT2D eigenvalue weighted by Gasteiger charge is 2.44. The topological polar surface area (TPSA) is 169 Å². The Kier molecular flexibility index (Phi) is 5.48. The van der Waals surface area contributed by atoms with Gasteiger partial charge in [-0.25, -0.2) is 0 Å². The van der Waals surface area contributed by atoms with E-state index in [1.807, 2.05) is 0 Å². The third-order valence-electron chi connectivity index (χ3n) is 3.57. The lowest BCUT2D eigenvalue weighted by molar-refractivity contribution is -0.312. The van der Waals surface area contributed by atoms with E-state index < -0.39 is 55.3 Å². The first-order valence-electron chi connectivity index (χ1n) is 6.48. The van der Waals surface area contributed by atoms with Crippen LogP contribution in [0.1, 0.15) is 0 Å². The van der Waals surface area contributed by atoms with Crippen LogP contribution >= 0.6 is 0 Å². The van der Waals surface area contributed by atoms with Crippen molar-refractivity contribution in [2.24, 2.45) is 0 Å². The van der Waals surface area contributed by atoms with Crippen LogP contribution in [0.25, 0.3) is 0 Å². The van der Waals surface area contributed by atoms with Crippen LogP contribution in [-0.2, 0) is 14.2 Å². The molecule has 9 atom stereocenters. The van der Waals surface area contributed by atoms with Crippen LogP contribution in [-0.4, -0.2) is 104 Å². The lowest BCUT2D eigenvalue weighted by Crippen LogP contribution is -2.59. The van der Waals surface area contributed by atoms with E-state index in [4.69, 9.17) is 14.2 Å². The average Bonchev–Trinajstić information content (AvgIpc) is 2.46. The molecule has 0 aromatic carbocycles. The third-order valence-corrected chi connectivity index (χ3v) is 3.57. The van der Waals surface area contributed by atoms with Gasteiger partial charge in [0.25, 0.3) is 0 Å². The minimum absolute atomic E-state index is 0.249. The van der Waals surface area contributed by atoms with Crippen LogP contribution in [0.15, 0.2) is 0 Å². The Bertz CT molecular complexity index is 341. The summed E-state index contributed by atoms with van der Waals surface area (Å²) in [6.45, 7) is -0.631. The molecule has 0 bridgehead atoms. The number of rotatable bonds is 3. The summed E-state index contributed by atoms with van der Waals surface area (Å²) in [6, 6.07) is 0. The number of aliphatic hydroxyl groups excluding tert-OH is 7. The fourth-order valence-electron chi connectivity index (χ4n) is 2.18. The van der Waals surface area contributed by atoms with Crippen LogP contribution in [0, 0.1) is 0 Å². The van der Waals surface area contributed by atoms with E-state index >= 15 is 0 Å². The minimum atomic E-state index is -1.69. The lowest BCUT2D eigenvalue weighted by Gasteiger charge is -2.40. The van der Waals surface area contributed by atoms with Crippen LogP contribution in [0.3, 0.4) is 0 Å². The number of aliphatic hydroxyl groups is 7. The monoisotopic (exact) mass is 312 g/mol. The molecule has 0 aromatic rings. The summed E-state index contributed by atoms with van der Waals surface area (Å²) in [5.41, 5.74) is 0. The molecule has 124 valence electrons. The fraction of sp³-hybridized carbons (Fsp3) is 1.00. The van der Waals surface area contributed by atoms with Gasteiger partial charge in [-0.15, -0.1) is 0 Å². The van der Waals surface area contributed by atoms with Gasteiger partial charge in [0.05, 0.1) is 13.2 Å². The summed E-state index contributed by atoms with van der Waals surface area (Å²) in [6.07, 6.45) is -13.1. The van der Waals surface area contributed by atoms with Crippen molar-refractivity contribution in [1.82, 2.24) is 0 Å². The molecule has 0 aliphatic carbocycles. The standard InChI is InChI=1S/C11H20O10/c12-3-1-19-11(9(17)5(3)13)20-2-4-6(14)7(15)8(16)10(18)21-4/h3-18H,1-2H2/t3-,4+,5?,6+,7-,8+,9?,10+,11?/m0/s1. The quantitative estimate of drug-likeness (QED) is 0.268. The van der Waals surface area contributed by atoms with E-state index in [9.17, 15) is 35.7 Å². The van der Waals surface area contributed by atoms with E-state index in [-0.39, 0.29) is 13.2 Å². The van der Waals surface area contributed by atoms with Gasteiger partial charge in [-0.05, 0) is 0 Å². The van der Waals surface area contributed by atoms with Crippen molar-refractivity contribution >= 4 is 0 Å². The van der Waals surface area contributed by atoms with Crippen LogP contribution in [0.5, 0.6) is 0 Å². The lowest BCUT2D eigenvalue weighted by atomic mass is 9.99. The first-order chi connectivity index (χ1) is 9.82. The zero-order chi connectivity index (χ0) is 15.7. The van der Waals surface area contributed by atoms with Crippen molar-refractivity contribution in [2.45, 2.75) is 55.3 Å². The molecule has 0 spiro atoms. The summed E-state index contributed by atoms with van der Waals surface area (Å²) >= 11 is 0. The van der Waals surface area contributed by atoms with Crippen molar-refractivity contribution < 1.29 is 50.0 Å². The Morgan fingerprint density at radius 3 is 2.14 bits per heavy atom. The molecular weight excluding hydrogens is 292 g/mol. The highest BCUT2D eigenvalue weighted by molar-refractivity contribution is 4.89. The zero-order valence-corrected chi connectivity index (χ0v) is 11.0. The van der Waals surface area contributed by atoms with Crippen LogP contribution in [0.4, 0.5) is 0 Å². The summed E-state index contributed by atoms with van der Waals surface area (Å²) < 4.78 is 15.0. The molecule has 2 aliphatic rings. The second-order valence-corrected chi connectivity index (χ2v) is 5.12. The van der Waals surface area contributed by atoms with Gasteiger partial charge in [0.1, 0.15) is 42.7 Å². The Morgan fingerprint density at radius 1 is 0.810 bits per heavy atom. The summed E-state index contributed by atoms with van der Waals surface area (Å²) in [5, 5.41) is 66.2. The highest BCUT2D eigenvalue weighted by Crippen LogP contribution is 2.22. The molecule has 0 saturated carbocycles. The molecular formula is C11H20O10. The maximum atomic E-state index is 9.70. The van der Waals surface area contributed by atoms with Crippen molar-refractivity contribution in [2.75, 3.05) is 13.2 Å². The molecule has 2 heterocycles. The summed E-state index contributed by atoms with van der Waals surface area (Å²) in [5.74, 6) is 0. The molecule has 0 radical (unpaired) electrons. The van der Waals surface area contributed by atoms with E-state index in [0.29, 0.717) is 0 Å². The summed E-state index contributed by atoms with van der Waals surface area (Å²) in [7, 11) is 0. The van der Waals surface area contributed by atoms with Crippen LogP contribution in [0.2, 0.25) is 0 Å². The highest BCUT2D eigenvalue weighted by atomic mass is 16.7. The average molecular weight is 312 g/mol. The molecule has 0 amide bonds. The fourth-order valence-corrected chi connectivity index (χ4v) is 2.18. The molecule has 3 unspecified atom stereocenters. The van der Waals surface area contributed by atoms with E-state index in [1.54, 1.807) is 0 Å². The molecule has 7 N–H and O–H groups in total. The first kappa shape index (κ1) is 17.0. The molecule has 2 saturated heterocycles. The predicted octanol–water partition coefficient (Wildman–Crippen LogP) is -4.76. The smallest absolute Gasteiger partial charge is 0.186 e. The Labute approximate surface area is 119 Å². The predicted molar refractivity (Wildman–Crippen MR) is 62.6 cm³/mol. The van der Waals surface area contributed by atoms with Gasteiger partial charge in [-0.2, -0.15) is 0 Å². The second kappa shape index (κ2) is 6.79. The Balaban J connectivity index is 1.88. The van der Waals surface area contributed by atoms with Crippen molar-refractivity contribution in [1.29, 1.82) is 0 Å². The van der Waals surface area contributed by atoms with Gasteiger partial charge >= 0.3 is 0 Å². The first-order valence-corrected chi connectivity index (χ1v) is 6.48. The normalized spacial score (nSPS) is 51.9. The molecule has 2 fully saturated rings. The number of ether oxygens (including phenoxy) is 3. The molecule has 2 rings (SSSR count). The van der Waals surface area contributed by atoms with Crippen molar-refractivity contribution in [3.05, 3.63) is 0 Å².